The number of amides is 1. The van der Waals surface area contributed by atoms with E-state index in [1.807, 2.05) is 19.1 Å². The molecule has 0 saturated carbocycles. The lowest BCUT2D eigenvalue weighted by atomic mass is 10.2. The molecule has 0 atom stereocenters. The molecular weight excluding hydrogens is 341 g/mol. The third-order valence-corrected chi connectivity index (χ3v) is 3.82. The highest BCUT2D eigenvalue weighted by Crippen LogP contribution is 2.24. The average Bonchev–Trinajstić information content (AvgIpc) is 2.60. The molecule has 0 spiro atoms. The summed E-state index contributed by atoms with van der Waals surface area (Å²) < 4.78 is 13.7. The van der Waals surface area contributed by atoms with Crippen LogP contribution in [0.1, 0.15) is 16.1 Å². The van der Waals surface area contributed by atoms with Crippen LogP contribution in [0.25, 0.3) is 0 Å². The summed E-state index contributed by atoms with van der Waals surface area (Å²) in [5, 5.41) is 6.39. The van der Waals surface area contributed by atoms with Gasteiger partial charge in [0.15, 0.2) is 0 Å². The lowest BCUT2D eigenvalue weighted by Crippen LogP contribution is -2.14. The normalized spacial score (nSPS) is 10.4. The third-order valence-electron chi connectivity index (χ3n) is 3.58. The summed E-state index contributed by atoms with van der Waals surface area (Å²) in [6.07, 6.45) is 1.52. The van der Waals surface area contributed by atoms with Crippen molar-refractivity contribution in [2.45, 2.75) is 6.92 Å². The summed E-state index contributed by atoms with van der Waals surface area (Å²) in [7, 11) is 0. The Labute approximate surface area is 149 Å². The Bertz CT molecular complexity index is 930. The highest BCUT2D eigenvalue weighted by atomic mass is 35.5. The summed E-state index contributed by atoms with van der Waals surface area (Å²) in [6.45, 7) is 1.93. The van der Waals surface area contributed by atoms with Crippen LogP contribution in [-0.4, -0.2) is 10.9 Å². The fourth-order valence-corrected chi connectivity index (χ4v) is 2.53. The molecule has 1 amide bonds. The number of nitrogens with one attached hydrogen (secondary N) is 2. The molecule has 0 saturated heterocycles. The minimum atomic E-state index is -0.498. The van der Waals surface area contributed by atoms with Gasteiger partial charge in [0.05, 0.1) is 5.69 Å². The molecule has 1 heterocycles. The van der Waals surface area contributed by atoms with Crippen LogP contribution in [0.5, 0.6) is 0 Å². The van der Waals surface area contributed by atoms with Gasteiger partial charge < -0.3 is 10.6 Å². The van der Waals surface area contributed by atoms with Crippen molar-refractivity contribution >= 4 is 34.6 Å². The summed E-state index contributed by atoms with van der Waals surface area (Å²) >= 11 is 5.96. The van der Waals surface area contributed by atoms with Crippen LogP contribution in [0.3, 0.4) is 0 Å². The Kier molecular flexibility index (Phi) is 4.95. The first kappa shape index (κ1) is 16.9. The van der Waals surface area contributed by atoms with Crippen molar-refractivity contribution < 1.29 is 9.18 Å². The quantitative estimate of drug-likeness (QED) is 0.678. The first-order valence-corrected chi connectivity index (χ1v) is 7.96. The molecule has 0 radical (unpaired) electrons. The van der Waals surface area contributed by atoms with Gasteiger partial charge in [0.1, 0.15) is 11.5 Å². The molecule has 1 aromatic heterocycles. The van der Waals surface area contributed by atoms with Crippen molar-refractivity contribution in [1.82, 2.24) is 4.98 Å². The van der Waals surface area contributed by atoms with Crippen LogP contribution in [0, 0.1) is 12.7 Å². The minimum absolute atomic E-state index is 0.112. The highest BCUT2D eigenvalue weighted by molar-refractivity contribution is 6.30. The van der Waals surface area contributed by atoms with Crippen LogP contribution in [0.15, 0.2) is 60.8 Å². The Morgan fingerprint density at radius 3 is 2.64 bits per heavy atom. The molecule has 25 heavy (non-hydrogen) atoms. The van der Waals surface area contributed by atoms with E-state index in [9.17, 15) is 9.18 Å². The molecule has 0 aliphatic heterocycles. The average molecular weight is 356 g/mol. The molecule has 2 N–H and O–H groups in total. The molecular formula is C19H15ClFN3O. The first-order valence-electron chi connectivity index (χ1n) is 7.58. The van der Waals surface area contributed by atoms with E-state index in [-0.39, 0.29) is 11.4 Å². The zero-order valence-electron chi connectivity index (χ0n) is 13.4. The molecule has 0 aliphatic rings. The first-order chi connectivity index (χ1) is 12.0. The number of nitrogens with zero attached hydrogens (tertiary/aromatic N) is 1. The standard InChI is InChI=1S/C19H15ClFN3O/c1-12-10-13(20)6-7-16(12)23-14-8-9-22-18(11-14)19(25)24-17-5-3-2-4-15(17)21/h2-11H,1H3,(H,22,23)(H,24,25). The second-order valence-corrected chi connectivity index (χ2v) is 5.88. The lowest BCUT2D eigenvalue weighted by Gasteiger charge is -2.11. The van der Waals surface area contributed by atoms with Crippen LogP contribution in [-0.2, 0) is 0 Å². The van der Waals surface area contributed by atoms with E-state index < -0.39 is 11.7 Å². The van der Waals surface area contributed by atoms with Gasteiger partial charge in [0, 0.05) is 22.6 Å². The Balaban J connectivity index is 1.79. The van der Waals surface area contributed by atoms with Crippen molar-refractivity contribution in [2.75, 3.05) is 10.6 Å². The Hall–Kier alpha value is -2.92. The van der Waals surface area contributed by atoms with E-state index in [4.69, 9.17) is 11.6 Å². The second-order valence-electron chi connectivity index (χ2n) is 5.45. The van der Waals surface area contributed by atoms with Crippen molar-refractivity contribution in [3.05, 3.63) is 82.9 Å². The summed E-state index contributed by atoms with van der Waals surface area (Å²) in [6, 6.07) is 14.8. The van der Waals surface area contributed by atoms with Gasteiger partial charge in [-0.2, -0.15) is 0 Å². The maximum Gasteiger partial charge on any atom is 0.274 e. The van der Waals surface area contributed by atoms with Crippen LogP contribution >= 0.6 is 11.6 Å². The van der Waals surface area contributed by atoms with Crippen molar-refractivity contribution in [3.63, 3.8) is 0 Å². The number of halogens is 2. The largest absolute Gasteiger partial charge is 0.355 e. The van der Waals surface area contributed by atoms with Gasteiger partial charge in [-0.05, 0) is 55.0 Å². The number of aryl methyl sites for hydroxylation is 1. The Morgan fingerprint density at radius 1 is 1.08 bits per heavy atom. The van der Waals surface area contributed by atoms with Crippen LogP contribution in [0.4, 0.5) is 21.5 Å². The summed E-state index contributed by atoms with van der Waals surface area (Å²) in [5.41, 5.74) is 2.83. The minimum Gasteiger partial charge on any atom is -0.355 e. The van der Waals surface area contributed by atoms with Gasteiger partial charge in [-0.1, -0.05) is 23.7 Å². The van der Waals surface area contributed by atoms with E-state index in [2.05, 4.69) is 15.6 Å². The van der Waals surface area contributed by atoms with Crippen molar-refractivity contribution in [2.24, 2.45) is 0 Å². The fraction of sp³-hybridized carbons (Fsp3) is 0.0526. The topological polar surface area (TPSA) is 54.0 Å². The molecule has 3 aromatic rings. The van der Waals surface area contributed by atoms with E-state index in [1.165, 1.54) is 18.3 Å². The monoisotopic (exact) mass is 355 g/mol. The molecule has 6 heteroatoms. The lowest BCUT2D eigenvalue weighted by molar-refractivity contribution is 0.102. The predicted octanol–water partition coefficient (Wildman–Crippen LogP) is 5.18. The SMILES string of the molecule is Cc1cc(Cl)ccc1Nc1ccnc(C(=O)Nc2ccccc2F)c1. The van der Waals surface area contributed by atoms with Gasteiger partial charge in [-0.3, -0.25) is 9.78 Å². The number of anilines is 3. The second kappa shape index (κ2) is 7.32. The smallest absolute Gasteiger partial charge is 0.274 e. The zero-order chi connectivity index (χ0) is 17.8. The molecule has 0 aliphatic carbocycles. The van der Waals surface area contributed by atoms with Gasteiger partial charge in [0.2, 0.25) is 0 Å². The Morgan fingerprint density at radius 2 is 1.88 bits per heavy atom. The summed E-state index contributed by atoms with van der Waals surface area (Å²) in [4.78, 5) is 16.3. The van der Waals surface area contributed by atoms with Crippen molar-refractivity contribution in [3.8, 4) is 0 Å². The molecule has 2 aromatic carbocycles. The molecule has 0 unspecified atom stereocenters. The number of hydrogen-bond acceptors (Lipinski definition) is 3. The maximum atomic E-state index is 13.7. The number of para-hydroxylation sites is 1. The van der Waals surface area contributed by atoms with Crippen LogP contribution in [0.2, 0.25) is 5.02 Å². The number of benzene rings is 2. The number of carbonyl (C=O) groups is 1. The van der Waals surface area contributed by atoms with Crippen molar-refractivity contribution in [1.29, 1.82) is 0 Å². The fourth-order valence-electron chi connectivity index (χ4n) is 2.30. The molecule has 3 rings (SSSR count). The predicted molar refractivity (Wildman–Crippen MR) is 98.1 cm³/mol. The van der Waals surface area contributed by atoms with Gasteiger partial charge in [0.25, 0.3) is 5.91 Å². The summed E-state index contributed by atoms with van der Waals surface area (Å²) in [5.74, 6) is -0.983. The van der Waals surface area contributed by atoms with Gasteiger partial charge in [-0.25, -0.2) is 4.39 Å². The zero-order valence-corrected chi connectivity index (χ0v) is 14.1. The number of rotatable bonds is 4. The van der Waals surface area contributed by atoms with Gasteiger partial charge in [-0.15, -0.1) is 0 Å². The van der Waals surface area contributed by atoms with E-state index in [1.54, 1.807) is 30.3 Å². The number of carbonyl (C=O) groups excluding carboxylic acids is 1. The number of aromatic nitrogens is 1. The van der Waals surface area contributed by atoms with Gasteiger partial charge >= 0.3 is 0 Å². The third kappa shape index (κ3) is 4.14. The molecule has 0 fully saturated rings. The molecule has 0 bridgehead atoms. The maximum absolute atomic E-state index is 13.7. The highest BCUT2D eigenvalue weighted by Gasteiger charge is 2.11. The molecule has 4 nitrogen and oxygen atoms in total. The number of pyridine rings is 1. The van der Waals surface area contributed by atoms with E-state index >= 15 is 0 Å². The van der Waals surface area contributed by atoms with Crippen LogP contribution < -0.4 is 10.6 Å². The molecule has 126 valence electrons. The van der Waals surface area contributed by atoms with E-state index in [0.29, 0.717) is 10.7 Å². The number of hydrogen-bond donors (Lipinski definition) is 2. The van der Waals surface area contributed by atoms with E-state index in [0.717, 1.165) is 11.3 Å².